The quantitative estimate of drug-likeness (QED) is 0.834. The predicted molar refractivity (Wildman–Crippen MR) is 71.0 cm³/mol. The zero-order chi connectivity index (χ0) is 14.6. The molecular weight excluding hydrogens is 321 g/mol. The molecule has 1 atom stereocenters. The van der Waals surface area contributed by atoms with Crippen LogP contribution in [0.25, 0.3) is 0 Å². The summed E-state index contributed by atoms with van der Waals surface area (Å²) in [5, 5.41) is 8.65. The number of carboxylic acid groups (broad SMARTS) is 1. The van der Waals surface area contributed by atoms with E-state index in [1.54, 1.807) is 0 Å². The zero-order valence-corrected chi connectivity index (χ0v) is 12.2. The van der Waals surface area contributed by atoms with Gasteiger partial charge in [0.15, 0.2) is 17.3 Å². The standard InChI is InChI=1S/C12H15BrFNO4/c1-18-11-6(8(15)3-4-9(16)17)5-7(13)10(14)12(11)19-2/h5,8H,3-4,15H2,1-2H3,(H,16,17). The first-order valence-corrected chi connectivity index (χ1v) is 6.28. The summed E-state index contributed by atoms with van der Waals surface area (Å²) in [4.78, 5) is 10.6. The molecule has 106 valence electrons. The van der Waals surface area contributed by atoms with Crippen LogP contribution in [-0.4, -0.2) is 25.3 Å². The van der Waals surface area contributed by atoms with E-state index >= 15 is 0 Å². The maximum Gasteiger partial charge on any atom is 0.303 e. The van der Waals surface area contributed by atoms with Crippen molar-refractivity contribution < 1.29 is 23.8 Å². The number of rotatable bonds is 6. The van der Waals surface area contributed by atoms with E-state index in [4.69, 9.17) is 20.3 Å². The summed E-state index contributed by atoms with van der Waals surface area (Å²) in [6.07, 6.45) is 0.133. The van der Waals surface area contributed by atoms with Gasteiger partial charge in [-0.1, -0.05) is 0 Å². The molecular formula is C12H15BrFNO4. The van der Waals surface area contributed by atoms with Crippen LogP contribution in [0.1, 0.15) is 24.4 Å². The number of carboxylic acids is 1. The number of aliphatic carboxylic acids is 1. The minimum atomic E-state index is -0.942. The number of benzene rings is 1. The summed E-state index contributed by atoms with van der Waals surface area (Å²) in [7, 11) is 2.69. The summed E-state index contributed by atoms with van der Waals surface area (Å²) in [5.74, 6) is -1.41. The van der Waals surface area contributed by atoms with Gasteiger partial charge in [0, 0.05) is 18.0 Å². The van der Waals surface area contributed by atoms with E-state index < -0.39 is 17.8 Å². The first-order valence-electron chi connectivity index (χ1n) is 5.49. The number of nitrogens with two attached hydrogens (primary N) is 1. The Balaban J connectivity index is 3.18. The van der Waals surface area contributed by atoms with Gasteiger partial charge in [-0.3, -0.25) is 4.79 Å². The van der Waals surface area contributed by atoms with Crippen molar-refractivity contribution in [2.75, 3.05) is 14.2 Å². The highest BCUT2D eigenvalue weighted by atomic mass is 79.9. The van der Waals surface area contributed by atoms with Crippen molar-refractivity contribution in [3.63, 3.8) is 0 Å². The molecule has 0 bridgehead atoms. The zero-order valence-electron chi connectivity index (χ0n) is 10.6. The Morgan fingerprint density at radius 2 is 2.05 bits per heavy atom. The Kier molecular flexibility index (Phi) is 5.56. The molecule has 1 rings (SSSR count). The van der Waals surface area contributed by atoms with E-state index in [1.165, 1.54) is 20.3 Å². The number of halogens is 2. The molecule has 0 aliphatic rings. The third-order valence-electron chi connectivity index (χ3n) is 2.64. The van der Waals surface area contributed by atoms with Gasteiger partial charge in [-0.25, -0.2) is 4.39 Å². The van der Waals surface area contributed by atoms with E-state index in [0.717, 1.165) is 0 Å². The normalized spacial score (nSPS) is 12.1. The highest BCUT2D eigenvalue weighted by Crippen LogP contribution is 2.41. The number of methoxy groups -OCH3 is 2. The molecule has 0 heterocycles. The van der Waals surface area contributed by atoms with Gasteiger partial charge in [0.1, 0.15) is 0 Å². The predicted octanol–water partition coefficient (Wildman–Crippen LogP) is 2.47. The van der Waals surface area contributed by atoms with Crippen LogP contribution in [0, 0.1) is 5.82 Å². The van der Waals surface area contributed by atoms with Crippen LogP contribution in [0.5, 0.6) is 11.5 Å². The molecule has 0 aromatic heterocycles. The molecule has 0 amide bonds. The maximum absolute atomic E-state index is 13.8. The smallest absolute Gasteiger partial charge is 0.303 e. The molecule has 1 aromatic rings. The summed E-state index contributed by atoms with van der Waals surface area (Å²) >= 11 is 3.07. The number of ether oxygens (including phenoxy) is 2. The lowest BCUT2D eigenvalue weighted by Crippen LogP contribution is -2.14. The van der Waals surface area contributed by atoms with Crippen molar-refractivity contribution in [1.82, 2.24) is 0 Å². The molecule has 7 heteroatoms. The van der Waals surface area contributed by atoms with Gasteiger partial charge in [0.05, 0.1) is 18.7 Å². The van der Waals surface area contributed by atoms with Crippen LogP contribution in [0.4, 0.5) is 4.39 Å². The lowest BCUT2D eigenvalue weighted by molar-refractivity contribution is -0.137. The van der Waals surface area contributed by atoms with E-state index in [1.807, 2.05) is 0 Å². The van der Waals surface area contributed by atoms with E-state index in [9.17, 15) is 9.18 Å². The second kappa shape index (κ2) is 6.72. The van der Waals surface area contributed by atoms with Crippen LogP contribution in [0.15, 0.2) is 10.5 Å². The SMILES string of the molecule is COc1c(C(N)CCC(=O)O)cc(Br)c(F)c1OC. The van der Waals surface area contributed by atoms with Gasteiger partial charge >= 0.3 is 5.97 Å². The maximum atomic E-state index is 13.8. The molecule has 0 aliphatic carbocycles. The van der Waals surface area contributed by atoms with Gasteiger partial charge in [-0.05, 0) is 28.4 Å². The van der Waals surface area contributed by atoms with Crippen molar-refractivity contribution in [2.24, 2.45) is 5.73 Å². The lowest BCUT2D eigenvalue weighted by atomic mass is 10.0. The fraction of sp³-hybridized carbons (Fsp3) is 0.417. The number of hydrogen-bond donors (Lipinski definition) is 2. The average Bonchev–Trinajstić information content (AvgIpc) is 2.38. The molecule has 0 aliphatic heterocycles. The highest BCUT2D eigenvalue weighted by molar-refractivity contribution is 9.10. The molecule has 19 heavy (non-hydrogen) atoms. The Bertz CT molecular complexity index is 481. The lowest BCUT2D eigenvalue weighted by Gasteiger charge is -2.18. The van der Waals surface area contributed by atoms with Crippen molar-refractivity contribution in [3.8, 4) is 11.5 Å². The molecule has 0 fully saturated rings. The molecule has 1 aromatic carbocycles. The van der Waals surface area contributed by atoms with Gasteiger partial charge < -0.3 is 20.3 Å². The minimum Gasteiger partial charge on any atom is -0.492 e. The van der Waals surface area contributed by atoms with Crippen LogP contribution in [0.2, 0.25) is 0 Å². The van der Waals surface area contributed by atoms with Gasteiger partial charge in [0.2, 0.25) is 0 Å². The first kappa shape index (κ1) is 15.7. The molecule has 0 spiro atoms. The summed E-state index contributed by atoms with van der Waals surface area (Å²) in [6.45, 7) is 0. The minimum absolute atomic E-state index is 0.0577. The van der Waals surface area contributed by atoms with Crippen LogP contribution < -0.4 is 15.2 Å². The van der Waals surface area contributed by atoms with E-state index in [0.29, 0.717) is 5.56 Å². The topological polar surface area (TPSA) is 81.8 Å². The summed E-state index contributed by atoms with van der Waals surface area (Å²) < 4.78 is 24.1. The fourth-order valence-corrected chi connectivity index (χ4v) is 2.13. The first-order chi connectivity index (χ1) is 8.92. The third kappa shape index (κ3) is 3.57. The monoisotopic (exact) mass is 335 g/mol. The molecule has 5 nitrogen and oxygen atoms in total. The van der Waals surface area contributed by atoms with Crippen LogP contribution in [-0.2, 0) is 4.79 Å². The number of hydrogen-bond acceptors (Lipinski definition) is 4. The van der Waals surface area contributed by atoms with Crippen molar-refractivity contribution >= 4 is 21.9 Å². The van der Waals surface area contributed by atoms with E-state index in [2.05, 4.69) is 15.9 Å². The Labute approximate surface area is 118 Å². The Morgan fingerprint density at radius 3 is 2.53 bits per heavy atom. The fourth-order valence-electron chi connectivity index (χ4n) is 1.71. The molecule has 1 unspecified atom stereocenters. The largest absolute Gasteiger partial charge is 0.492 e. The summed E-state index contributed by atoms with van der Waals surface area (Å²) in [5.41, 5.74) is 6.41. The highest BCUT2D eigenvalue weighted by Gasteiger charge is 2.22. The Morgan fingerprint density at radius 1 is 1.47 bits per heavy atom. The van der Waals surface area contributed by atoms with Gasteiger partial charge in [-0.15, -0.1) is 0 Å². The second-order valence-corrected chi connectivity index (χ2v) is 4.72. The van der Waals surface area contributed by atoms with E-state index in [-0.39, 0.29) is 28.8 Å². The number of carbonyl (C=O) groups is 1. The third-order valence-corrected chi connectivity index (χ3v) is 3.21. The molecule has 3 N–H and O–H groups in total. The summed E-state index contributed by atoms with van der Waals surface area (Å²) in [6, 6.07) is 0.889. The van der Waals surface area contributed by atoms with Crippen molar-refractivity contribution in [2.45, 2.75) is 18.9 Å². The Hall–Kier alpha value is -1.34. The second-order valence-electron chi connectivity index (χ2n) is 3.87. The van der Waals surface area contributed by atoms with Gasteiger partial charge in [-0.2, -0.15) is 0 Å². The molecule has 0 saturated heterocycles. The molecule has 0 radical (unpaired) electrons. The van der Waals surface area contributed by atoms with Gasteiger partial charge in [0.25, 0.3) is 0 Å². The average molecular weight is 336 g/mol. The van der Waals surface area contributed by atoms with Crippen LogP contribution in [0.3, 0.4) is 0 Å². The van der Waals surface area contributed by atoms with Crippen molar-refractivity contribution in [3.05, 3.63) is 21.9 Å². The van der Waals surface area contributed by atoms with Crippen LogP contribution >= 0.6 is 15.9 Å². The van der Waals surface area contributed by atoms with Crippen molar-refractivity contribution in [1.29, 1.82) is 0 Å². The molecule has 0 saturated carbocycles.